The van der Waals surface area contributed by atoms with E-state index in [1.807, 2.05) is 50.2 Å². The number of carbonyl (C=O) groups is 2. The molecule has 0 aromatic heterocycles. The van der Waals surface area contributed by atoms with E-state index in [4.69, 9.17) is 37.9 Å². The van der Waals surface area contributed by atoms with Gasteiger partial charge < -0.3 is 48.1 Å². The van der Waals surface area contributed by atoms with Crippen molar-refractivity contribution < 1.29 is 47.5 Å². The summed E-state index contributed by atoms with van der Waals surface area (Å²) in [6.45, 7) is 10.9. The fourth-order valence-corrected chi connectivity index (χ4v) is 6.31. The van der Waals surface area contributed by atoms with Crippen LogP contribution in [0.25, 0.3) is 0 Å². The Morgan fingerprint density at radius 1 is 0.632 bits per heavy atom. The van der Waals surface area contributed by atoms with Crippen molar-refractivity contribution in [1.29, 1.82) is 0 Å². The molecule has 0 bridgehead atoms. The van der Waals surface area contributed by atoms with E-state index in [1.165, 1.54) is 21.3 Å². The van der Waals surface area contributed by atoms with Crippen molar-refractivity contribution in [3.63, 3.8) is 0 Å². The van der Waals surface area contributed by atoms with E-state index < -0.39 is 12.0 Å². The Kier molecular flexibility index (Phi) is 21.9. The van der Waals surface area contributed by atoms with Crippen LogP contribution < -0.4 is 43.8 Å². The first-order chi connectivity index (χ1) is 26.8. The van der Waals surface area contributed by atoms with Gasteiger partial charge in [0.05, 0.1) is 60.4 Å². The maximum Gasteiger partial charge on any atom is 0.411 e. The minimum absolute atomic E-state index is 0. The minimum atomic E-state index is -0.613. The van der Waals surface area contributed by atoms with Gasteiger partial charge in [-0.15, -0.1) is 24.8 Å². The molecule has 0 saturated carbocycles. The summed E-state index contributed by atoms with van der Waals surface area (Å²) in [6.07, 6.45) is 1.97. The number of nitrogens with zero attached hydrogens (tertiary/aromatic N) is 2. The average molecular weight is 840 g/mol. The Morgan fingerprint density at radius 2 is 1.12 bits per heavy atom. The van der Waals surface area contributed by atoms with Crippen LogP contribution in [0.1, 0.15) is 50.2 Å². The van der Waals surface area contributed by atoms with Gasteiger partial charge in [-0.3, -0.25) is 15.0 Å². The maximum atomic E-state index is 14.0. The number of hydrogen-bond acceptors (Lipinski definition) is 12. The standard InChI is InChI=1S/C41H58N4O10.2ClH/c1-8-22-53-32-13-11-29(25-34(32)48-3)38(30-12-14-33(54-23-9-2)35(26-30)49-4)40(46)42-15-10-16-44-17-19-45(20-18-44)21-24-55-41(47)43-31-27-36(50-5)39(52-7)37(28-31)51-6;;/h11-14,25-28,38H,8-10,15-24H2,1-7H3,(H,42,46)(H,43,47);2*1H. The van der Waals surface area contributed by atoms with Gasteiger partial charge in [0.25, 0.3) is 0 Å². The zero-order valence-electron chi connectivity index (χ0n) is 34.2. The monoisotopic (exact) mass is 838 g/mol. The SMILES string of the molecule is CCCOc1ccc(C(C(=O)NCCCN2CCN(CCOC(=O)Nc3cc(OC)c(OC)c(OC)c3)CC2)c2ccc(OCCC)c(OC)c2)cc1OC.Cl.Cl. The van der Waals surface area contributed by atoms with Gasteiger partial charge in [-0.1, -0.05) is 26.0 Å². The third-order valence-corrected chi connectivity index (χ3v) is 9.19. The van der Waals surface area contributed by atoms with E-state index in [0.29, 0.717) is 72.2 Å². The van der Waals surface area contributed by atoms with Gasteiger partial charge >= 0.3 is 6.09 Å². The molecule has 4 rings (SSSR count). The van der Waals surface area contributed by atoms with E-state index in [2.05, 4.69) is 20.4 Å². The molecule has 0 spiro atoms. The summed E-state index contributed by atoms with van der Waals surface area (Å²) in [5, 5.41) is 5.90. The van der Waals surface area contributed by atoms with E-state index in [1.54, 1.807) is 26.4 Å². The van der Waals surface area contributed by atoms with Crippen LogP contribution in [0.4, 0.5) is 10.5 Å². The van der Waals surface area contributed by atoms with Crippen LogP contribution in [0.3, 0.4) is 0 Å². The highest BCUT2D eigenvalue weighted by Crippen LogP contribution is 2.40. The van der Waals surface area contributed by atoms with Gasteiger partial charge in [-0.25, -0.2) is 4.79 Å². The second-order valence-electron chi connectivity index (χ2n) is 13.0. The lowest BCUT2D eigenvalue weighted by molar-refractivity contribution is -0.121. The first kappa shape index (κ1) is 48.6. The van der Waals surface area contributed by atoms with Crippen molar-refractivity contribution in [2.24, 2.45) is 0 Å². The highest BCUT2D eigenvalue weighted by atomic mass is 35.5. The van der Waals surface area contributed by atoms with E-state index in [9.17, 15) is 9.59 Å². The normalized spacial score (nSPS) is 12.7. The topological polar surface area (TPSA) is 139 Å². The van der Waals surface area contributed by atoms with Crippen LogP contribution in [0.5, 0.6) is 40.2 Å². The molecule has 1 aliphatic rings. The number of ether oxygens (including phenoxy) is 8. The highest BCUT2D eigenvalue weighted by Gasteiger charge is 2.26. The number of rotatable bonds is 22. The Labute approximate surface area is 349 Å². The molecule has 1 saturated heterocycles. The molecule has 0 unspecified atom stereocenters. The largest absolute Gasteiger partial charge is 0.493 e. The summed E-state index contributed by atoms with van der Waals surface area (Å²) in [7, 11) is 7.75. The number of nitrogens with one attached hydrogen (secondary N) is 2. The lowest BCUT2D eigenvalue weighted by Gasteiger charge is -2.34. The summed E-state index contributed by atoms with van der Waals surface area (Å²) in [6, 6.07) is 14.6. The number of anilines is 1. The first-order valence-electron chi connectivity index (χ1n) is 18.9. The number of methoxy groups -OCH3 is 5. The fourth-order valence-electron chi connectivity index (χ4n) is 6.31. The van der Waals surface area contributed by atoms with Crippen LogP contribution in [0, 0.1) is 0 Å². The van der Waals surface area contributed by atoms with E-state index >= 15 is 0 Å². The second-order valence-corrected chi connectivity index (χ2v) is 13.0. The van der Waals surface area contributed by atoms with Crippen molar-refractivity contribution in [2.45, 2.75) is 39.0 Å². The van der Waals surface area contributed by atoms with Gasteiger partial charge in [0.2, 0.25) is 11.7 Å². The molecule has 0 atom stereocenters. The fraction of sp³-hybridized carbons (Fsp3) is 0.512. The quantitative estimate of drug-likeness (QED) is 0.105. The number of halogens is 2. The van der Waals surface area contributed by atoms with Gasteiger partial charge in [0.15, 0.2) is 34.5 Å². The zero-order chi connectivity index (χ0) is 39.6. The van der Waals surface area contributed by atoms with Gasteiger partial charge in [0.1, 0.15) is 6.61 Å². The molecular weight excluding hydrogens is 779 g/mol. The molecule has 3 aromatic rings. The molecule has 1 fully saturated rings. The summed E-state index contributed by atoms with van der Waals surface area (Å²) in [4.78, 5) is 31.1. The molecule has 0 aliphatic carbocycles. The van der Waals surface area contributed by atoms with Crippen molar-refractivity contribution in [1.82, 2.24) is 15.1 Å². The molecule has 1 aliphatic heterocycles. The molecule has 1 heterocycles. The number of hydrogen-bond donors (Lipinski definition) is 2. The van der Waals surface area contributed by atoms with Crippen LogP contribution in [-0.2, 0) is 9.53 Å². The summed E-state index contributed by atoms with van der Waals surface area (Å²) >= 11 is 0. The van der Waals surface area contributed by atoms with Crippen LogP contribution in [-0.4, -0.2) is 123 Å². The van der Waals surface area contributed by atoms with Gasteiger partial charge in [-0.05, 0) is 61.2 Å². The second kappa shape index (κ2) is 25.7. The number of amides is 2. The molecule has 57 heavy (non-hydrogen) atoms. The van der Waals surface area contributed by atoms with Crippen molar-refractivity contribution in [3.05, 3.63) is 59.7 Å². The molecule has 16 heteroatoms. The highest BCUT2D eigenvalue weighted by molar-refractivity contribution is 5.88. The van der Waals surface area contributed by atoms with Crippen molar-refractivity contribution >= 4 is 42.5 Å². The summed E-state index contributed by atoms with van der Waals surface area (Å²) in [5.41, 5.74) is 2.03. The zero-order valence-corrected chi connectivity index (χ0v) is 35.8. The minimum Gasteiger partial charge on any atom is -0.493 e. The van der Waals surface area contributed by atoms with Crippen LogP contribution >= 0.6 is 24.8 Å². The van der Waals surface area contributed by atoms with Crippen molar-refractivity contribution in [2.75, 3.05) is 106 Å². The molecular formula is C41H60Cl2N4O10. The van der Waals surface area contributed by atoms with E-state index in [0.717, 1.165) is 63.1 Å². The smallest absolute Gasteiger partial charge is 0.411 e. The third-order valence-electron chi connectivity index (χ3n) is 9.19. The molecule has 0 radical (unpaired) electrons. The van der Waals surface area contributed by atoms with Crippen LogP contribution in [0.15, 0.2) is 48.5 Å². The van der Waals surface area contributed by atoms with Crippen LogP contribution in [0.2, 0.25) is 0 Å². The lowest BCUT2D eigenvalue weighted by atomic mass is 9.89. The number of piperazine rings is 1. The van der Waals surface area contributed by atoms with Gasteiger partial charge in [0, 0.05) is 51.4 Å². The molecule has 3 aromatic carbocycles. The number of carbonyl (C=O) groups excluding carboxylic acids is 2. The molecule has 14 nitrogen and oxygen atoms in total. The predicted molar refractivity (Wildman–Crippen MR) is 225 cm³/mol. The lowest BCUT2D eigenvalue weighted by Crippen LogP contribution is -2.48. The summed E-state index contributed by atoms with van der Waals surface area (Å²) in [5.74, 6) is 2.99. The molecule has 318 valence electrons. The number of benzene rings is 3. The molecule has 2 amide bonds. The van der Waals surface area contributed by atoms with E-state index in [-0.39, 0.29) is 37.3 Å². The molecule has 2 N–H and O–H groups in total. The summed E-state index contributed by atoms with van der Waals surface area (Å²) < 4.78 is 44.6. The first-order valence-corrected chi connectivity index (χ1v) is 18.9. The Hall–Kier alpha value is -4.50. The maximum absolute atomic E-state index is 14.0. The Balaban J connectivity index is 0.00000561. The predicted octanol–water partition coefficient (Wildman–Crippen LogP) is 6.66. The Bertz CT molecular complexity index is 1590. The Morgan fingerprint density at radius 3 is 1.58 bits per heavy atom. The van der Waals surface area contributed by atoms with Crippen molar-refractivity contribution in [3.8, 4) is 40.2 Å². The van der Waals surface area contributed by atoms with Gasteiger partial charge in [-0.2, -0.15) is 0 Å². The average Bonchev–Trinajstić information content (AvgIpc) is 3.21. The third kappa shape index (κ3) is 14.1.